The molecular formula is C24H22N4O5S2. The lowest BCUT2D eigenvalue weighted by molar-refractivity contribution is 0.121. The van der Waals surface area contributed by atoms with Crippen molar-refractivity contribution >= 4 is 50.1 Å². The standard InChI is InChI=1S/C23H18N4O4S2.CH4O/c1-13-5-3-4-6-15(13)14(2)29-22(28)25-16-11-24-30-17(16)7-8-18-26-19-20(32-18)31-33-12-23(9-10-23)21(33)27-19;1-2/h3-6,11-12,14H,9-10H2,1-2H3,(H,25,28);2H,1H3. The van der Waals surface area contributed by atoms with Gasteiger partial charge in [0.1, 0.15) is 16.8 Å². The van der Waals surface area contributed by atoms with Crippen molar-refractivity contribution in [1.29, 1.82) is 0 Å². The highest BCUT2D eigenvalue weighted by Gasteiger charge is 2.56. The summed E-state index contributed by atoms with van der Waals surface area (Å²) in [6, 6.07) is 7.76. The molecule has 2 unspecified atom stereocenters. The maximum Gasteiger partial charge on any atom is 0.412 e. The van der Waals surface area contributed by atoms with Crippen LogP contribution >= 0.6 is 22.1 Å². The van der Waals surface area contributed by atoms with E-state index in [0.717, 1.165) is 36.1 Å². The Morgan fingerprint density at radius 3 is 2.89 bits per heavy atom. The number of rotatable bonds is 3. The van der Waals surface area contributed by atoms with E-state index in [9.17, 15) is 4.79 Å². The molecule has 1 aliphatic carbocycles. The van der Waals surface area contributed by atoms with Gasteiger partial charge in [-0.25, -0.2) is 14.8 Å². The van der Waals surface area contributed by atoms with Crippen LogP contribution in [0, 0.1) is 24.2 Å². The summed E-state index contributed by atoms with van der Waals surface area (Å²) in [7, 11) is 0.683. The summed E-state index contributed by atoms with van der Waals surface area (Å²) in [6.45, 7) is 3.79. The van der Waals surface area contributed by atoms with E-state index in [2.05, 4.69) is 32.7 Å². The molecule has 11 heteroatoms. The maximum absolute atomic E-state index is 12.4. The van der Waals surface area contributed by atoms with Crippen LogP contribution in [0.25, 0.3) is 0 Å². The van der Waals surface area contributed by atoms with Gasteiger partial charge in [0.2, 0.25) is 16.6 Å². The normalized spacial score (nSPS) is 18.4. The number of hydrogen-bond donors (Lipinski definition) is 2. The number of aryl methyl sites for hydroxylation is 1. The van der Waals surface area contributed by atoms with Crippen LogP contribution in [0.2, 0.25) is 0 Å². The van der Waals surface area contributed by atoms with Gasteiger partial charge in [-0.2, -0.15) is 0 Å². The second kappa shape index (κ2) is 9.30. The van der Waals surface area contributed by atoms with Crippen molar-refractivity contribution in [2.24, 2.45) is 10.4 Å². The van der Waals surface area contributed by atoms with Crippen LogP contribution in [-0.4, -0.2) is 38.9 Å². The third kappa shape index (κ3) is 4.48. The molecule has 3 aliphatic rings. The molecule has 0 radical (unpaired) electrons. The smallest absolute Gasteiger partial charge is 0.412 e. The van der Waals surface area contributed by atoms with Gasteiger partial charge in [-0.3, -0.25) is 5.32 Å². The van der Waals surface area contributed by atoms with Crippen LogP contribution in [0.15, 0.2) is 40.0 Å². The number of nitrogens with one attached hydrogen (secondary N) is 1. The average Bonchev–Trinajstić information content (AvgIpc) is 3.39. The van der Waals surface area contributed by atoms with E-state index in [1.165, 1.54) is 17.5 Å². The number of hydrogen-bond acceptors (Lipinski definition) is 9. The molecule has 1 aromatic carbocycles. The summed E-state index contributed by atoms with van der Waals surface area (Å²) >= 11 is 1.34. The molecule has 9 nitrogen and oxygen atoms in total. The second-order valence-electron chi connectivity index (χ2n) is 8.05. The Hall–Kier alpha value is -3.46. The number of aliphatic imine (C=N–C) groups is 1. The molecule has 2 atom stereocenters. The van der Waals surface area contributed by atoms with Gasteiger partial charge >= 0.3 is 6.09 Å². The molecule has 2 N–H and O–H groups in total. The summed E-state index contributed by atoms with van der Waals surface area (Å²) in [6.07, 6.45) is 2.66. The quantitative estimate of drug-likeness (QED) is 0.378. The van der Waals surface area contributed by atoms with Crippen molar-refractivity contribution in [3.63, 3.8) is 0 Å². The van der Waals surface area contributed by atoms with Crippen LogP contribution < -0.4 is 9.50 Å². The topological polar surface area (TPSA) is 119 Å². The van der Waals surface area contributed by atoms with Crippen LogP contribution in [0.3, 0.4) is 0 Å². The molecule has 2 aliphatic heterocycles. The molecular weight excluding hydrogens is 488 g/mol. The number of aliphatic hydroxyl groups is 1. The Labute approximate surface area is 208 Å². The fourth-order valence-electron chi connectivity index (χ4n) is 3.73. The number of aliphatic hydroxyl groups excluding tert-OH is 1. The van der Waals surface area contributed by atoms with E-state index < -0.39 is 12.2 Å². The Balaban J connectivity index is 0.00000124. The van der Waals surface area contributed by atoms with Gasteiger partial charge < -0.3 is 18.5 Å². The zero-order valence-electron chi connectivity index (χ0n) is 19.2. The van der Waals surface area contributed by atoms with E-state index in [1.54, 1.807) is 0 Å². The molecule has 0 saturated heterocycles. The molecule has 1 saturated carbocycles. The van der Waals surface area contributed by atoms with E-state index in [4.69, 9.17) is 23.5 Å². The number of aromatic nitrogens is 2. The lowest BCUT2D eigenvalue weighted by Gasteiger charge is -2.29. The van der Waals surface area contributed by atoms with Gasteiger partial charge in [-0.15, -0.1) is 0 Å². The number of amides is 1. The highest BCUT2D eigenvalue weighted by Crippen LogP contribution is 2.61. The largest absolute Gasteiger partial charge is 0.441 e. The van der Waals surface area contributed by atoms with Crippen LogP contribution in [0.5, 0.6) is 5.06 Å². The lowest BCUT2D eigenvalue weighted by Crippen LogP contribution is -2.29. The molecule has 35 heavy (non-hydrogen) atoms. The van der Waals surface area contributed by atoms with Crippen molar-refractivity contribution in [1.82, 2.24) is 10.1 Å². The van der Waals surface area contributed by atoms with Gasteiger partial charge in [0.15, 0.2) is 5.01 Å². The first kappa shape index (κ1) is 23.3. The Morgan fingerprint density at radius 2 is 2.11 bits per heavy atom. The molecule has 180 valence electrons. The molecule has 2 aromatic heterocycles. The number of carbonyl (C=O) groups excluding carboxylic acids is 1. The predicted molar refractivity (Wildman–Crippen MR) is 135 cm³/mol. The number of carbonyl (C=O) groups is 1. The van der Waals surface area contributed by atoms with Gasteiger partial charge in [0.05, 0.1) is 6.20 Å². The SMILES string of the molecule is CO.Cc1ccccc1C(C)OC(=O)Nc1cnoc1C#Cc1nc2c(s1)OS1=CC3(CC3)C1=N2. The molecule has 6 rings (SSSR count). The zero-order valence-corrected chi connectivity index (χ0v) is 20.8. The molecule has 3 aromatic rings. The van der Waals surface area contributed by atoms with E-state index in [0.29, 0.717) is 21.6 Å². The summed E-state index contributed by atoms with van der Waals surface area (Å²) < 4.78 is 16.7. The summed E-state index contributed by atoms with van der Waals surface area (Å²) in [5, 5.41) is 18.0. The van der Waals surface area contributed by atoms with Gasteiger partial charge in [0, 0.05) is 23.3 Å². The van der Waals surface area contributed by atoms with Crippen molar-refractivity contribution in [2.45, 2.75) is 32.8 Å². The minimum Gasteiger partial charge on any atom is -0.441 e. The molecule has 4 heterocycles. The Morgan fingerprint density at radius 1 is 1.31 bits per heavy atom. The molecule has 1 amide bonds. The predicted octanol–water partition coefficient (Wildman–Crippen LogP) is 4.96. The van der Waals surface area contributed by atoms with Gasteiger partial charge in [0.25, 0.3) is 0 Å². The first-order valence-corrected chi connectivity index (χ1v) is 12.9. The molecule has 0 bridgehead atoms. The van der Waals surface area contributed by atoms with E-state index >= 15 is 0 Å². The fraction of sp³-hybridized carbons (Fsp3) is 0.292. The van der Waals surface area contributed by atoms with Crippen molar-refractivity contribution in [3.8, 4) is 16.9 Å². The zero-order chi connectivity index (χ0) is 24.6. The van der Waals surface area contributed by atoms with E-state index in [-0.39, 0.29) is 21.9 Å². The number of ether oxygens (including phenoxy) is 1. The van der Waals surface area contributed by atoms with Gasteiger partial charge in [-0.1, -0.05) is 40.8 Å². The summed E-state index contributed by atoms with van der Waals surface area (Å²) in [5.41, 5.74) is 2.50. The van der Waals surface area contributed by atoms with E-state index in [1.807, 2.05) is 38.1 Å². The molecule has 1 spiro atoms. The number of fused-ring (bicyclic) bond motifs is 3. The second-order valence-corrected chi connectivity index (χ2v) is 10.4. The fourth-order valence-corrected chi connectivity index (χ4v) is 6.57. The number of nitrogens with zero attached hydrogens (tertiary/aromatic N) is 3. The van der Waals surface area contributed by atoms with Crippen molar-refractivity contribution in [2.75, 3.05) is 12.4 Å². The average molecular weight is 511 g/mol. The van der Waals surface area contributed by atoms with Crippen LogP contribution in [0.1, 0.15) is 47.8 Å². The lowest BCUT2D eigenvalue weighted by atomic mass is 10.1. The first-order valence-electron chi connectivity index (χ1n) is 10.8. The maximum atomic E-state index is 12.4. The first-order chi connectivity index (χ1) is 17.0. The highest BCUT2D eigenvalue weighted by molar-refractivity contribution is 8.27. The highest BCUT2D eigenvalue weighted by atomic mass is 32.2. The Bertz CT molecular complexity index is 1420. The summed E-state index contributed by atoms with van der Waals surface area (Å²) in [5.74, 6) is 6.63. The van der Waals surface area contributed by atoms with Crippen molar-refractivity contribution < 1.29 is 23.3 Å². The van der Waals surface area contributed by atoms with Crippen molar-refractivity contribution in [3.05, 3.63) is 52.4 Å². The Kier molecular flexibility index (Phi) is 6.19. The number of thiazole rings is 1. The monoisotopic (exact) mass is 510 g/mol. The third-order valence-electron chi connectivity index (χ3n) is 5.69. The third-order valence-corrected chi connectivity index (χ3v) is 8.52. The number of benzene rings is 1. The molecule has 1 fully saturated rings. The summed E-state index contributed by atoms with van der Waals surface area (Å²) in [4.78, 5) is 21.6. The van der Waals surface area contributed by atoms with Gasteiger partial charge in [-0.05, 0) is 55.0 Å². The van der Waals surface area contributed by atoms with Crippen LogP contribution in [0.4, 0.5) is 16.3 Å². The minimum absolute atomic E-state index is 0.183. The number of anilines is 1. The van der Waals surface area contributed by atoms with Crippen LogP contribution in [-0.2, 0) is 4.74 Å². The minimum atomic E-state index is -0.618.